The monoisotopic (exact) mass is 408 g/mol. The first-order valence-electron chi connectivity index (χ1n) is 10.5. The molecule has 0 bridgehead atoms. The number of aromatic amines is 1. The Kier molecular flexibility index (Phi) is 5.42. The molecule has 3 aromatic heterocycles. The van der Waals surface area contributed by atoms with Gasteiger partial charge in [0, 0.05) is 24.0 Å². The molecule has 0 atom stereocenters. The van der Waals surface area contributed by atoms with Gasteiger partial charge in [0.15, 0.2) is 0 Å². The van der Waals surface area contributed by atoms with Crippen LogP contribution in [0.15, 0.2) is 42.9 Å². The predicted octanol–water partition coefficient (Wildman–Crippen LogP) is 3.78. The van der Waals surface area contributed by atoms with Gasteiger partial charge < -0.3 is 9.72 Å². The molecule has 1 aliphatic carbocycles. The molecule has 3 heterocycles. The van der Waals surface area contributed by atoms with Crippen LogP contribution in [0.2, 0.25) is 0 Å². The number of nitrogens with zero attached hydrogens (tertiary/aromatic N) is 4. The Bertz CT molecular complexity index is 1110. The SMILES string of the molecule is Fc1ccc(CNCOCC2CCC(c3nnn4cnc5[nH]ccc5c34)CC2)cc1. The van der Waals surface area contributed by atoms with Gasteiger partial charge in [-0.3, -0.25) is 5.32 Å². The van der Waals surface area contributed by atoms with E-state index in [2.05, 4.69) is 25.6 Å². The third-order valence-electron chi connectivity index (χ3n) is 6.03. The van der Waals surface area contributed by atoms with Crippen LogP contribution in [0.1, 0.15) is 42.9 Å². The van der Waals surface area contributed by atoms with E-state index in [9.17, 15) is 4.39 Å². The fourth-order valence-corrected chi connectivity index (χ4v) is 4.39. The van der Waals surface area contributed by atoms with E-state index in [0.717, 1.165) is 60.1 Å². The van der Waals surface area contributed by atoms with Crippen molar-refractivity contribution in [1.29, 1.82) is 0 Å². The molecule has 30 heavy (non-hydrogen) atoms. The number of halogens is 1. The maximum atomic E-state index is 12.9. The first-order valence-corrected chi connectivity index (χ1v) is 10.5. The highest BCUT2D eigenvalue weighted by atomic mass is 19.1. The summed E-state index contributed by atoms with van der Waals surface area (Å²) in [5, 5.41) is 13.1. The highest BCUT2D eigenvalue weighted by Crippen LogP contribution is 2.37. The zero-order valence-corrected chi connectivity index (χ0v) is 16.7. The lowest BCUT2D eigenvalue weighted by atomic mass is 9.80. The van der Waals surface area contributed by atoms with Crippen molar-refractivity contribution in [2.24, 2.45) is 5.92 Å². The molecule has 156 valence electrons. The predicted molar refractivity (Wildman–Crippen MR) is 111 cm³/mol. The second kappa shape index (κ2) is 8.49. The van der Waals surface area contributed by atoms with Crippen LogP contribution in [-0.4, -0.2) is 38.1 Å². The minimum absolute atomic E-state index is 0.209. The van der Waals surface area contributed by atoms with Crippen LogP contribution in [0.25, 0.3) is 16.6 Å². The molecule has 1 saturated carbocycles. The van der Waals surface area contributed by atoms with Crippen LogP contribution >= 0.6 is 0 Å². The van der Waals surface area contributed by atoms with E-state index in [1.165, 1.54) is 12.1 Å². The lowest BCUT2D eigenvalue weighted by molar-refractivity contribution is 0.0694. The van der Waals surface area contributed by atoms with E-state index in [-0.39, 0.29) is 5.82 Å². The summed E-state index contributed by atoms with van der Waals surface area (Å²) < 4.78 is 20.5. The second-order valence-corrected chi connectivity index (χ2v) is 8.04. The molecule has 5 rings (SSSR count). The van der Waals surface area contributed by atoms with E-state index < -0.39 is 0 Å². The number of fused-ring (bicyclic) bond motifs is 3. The fourth-order valence-electron chi connectivity index (χ4n) is 4.39. The summed E-state index contributed by atoms with van der Waals surface area (Å²) in [4.78, 5) is 7.54. The molecular weight excluding hydrogens is 383 g/mol. The van der Waals surface area contributed by atoms with Crippen molar-refractivity contribution in [2.45, 2.75) is 38.1 Å². The summed E-state index contributed by atoms with van der Waals surface area (Å²) >= 11 is 0. The Morgan fingerprint density at radius 2 is 1.97 bits per heavy atom. The summed E-state index contributed by atoms with van der Waals surface area (Å²) in [5.74, 6) is 0.791. The summed E-state index contributed by atoms with van der Waals surface area (Å²) in [6, 6.07) is 8.58. The molecule has 2 N–H and O–H groups in total. The fraction of sp³-hybridized carbons (Fsp3) is 0.409. The summed E-state index contributed by atoms with van der Waals surface area (Å²) in [6.07, 6.45) is 8.08. The van der Waals surface area contributed by atoms with Gasteiger partial charge in [0.1, 0.15) is 23.3 Å². The van der Waals surface area contributed by atoms with Gasteiger partial charge in [-0.25, -0.2) is 13.9 Å². The first kappa shape index (κ1) is 19.1. The van der Waals surface area contributed by atoms with Crippen LogP contribution in [0.5, 0.6) is 0 Å². The minimum atomic E-state index is -0.209. The molecule has 7 nitrogen and oxygen atoms in total. The zero-order valence-electron chi connectivity index (χ0n) is 16.7. The van der Waals surface area contributed by atoms with Gasteiger partial charge in [-0.15, -0.1) is 5.10 Å². The number of ether oxygens (including phenoxy) is 1. The Labute approximate surface area is 173 Å². The molecule has 0 radical (unpaired) electrons. The van der Waals surface area contributed by atoms with Crippen LogP contribution in [0.3, 0.4) is 0 Å². The summed E-state index contributed by atoms with van der Waals surface area (Å²) in [5.41, 5.74) is 4.09. The molecule has 4 aromatic rings. The van der Waals surface area contributed by atoms with Crippen LogP contribution in [0.4, 0.5) is 4.39 Å². The van der Waals surface area contributed by atoms with Gasteiger partial charge in [0.25, 0.3) is 0 Å². The molecule has 1 fully saturated rings. The molecule has 0 saturated heterocycles. The third-order valence-corrected chi connectivity index (χ3v) is 6.03. The van der Waals surface area contributed by atoms with E-state index in [4.69, 9.17) is 4.74 Å². The van der Waals surface area contributed by atoms with Crippen LogP contribution < -0.4 is 5.32 Å². The first-order chi connectivity index (χ1) is 14.8. The highest BCUT2D eigenvalue weighted by Gasteiger charge is 2.27. The number of nitrogens with one attached hydrogen (secondary N) is 2. The van der Waals surface area contributed by atoms with Gasteiger partial charge >= 0.3 is 0 Å². The number of benzene rings is 1. The maximum absolute atomic E-state index is 12.9. The van der Waals surface area contributed by atoms with E-state index in [0.29, 0.717) is 25.1 Å². The number of aromatic nitrogens is 5. The molecule has 0 aliphatic heterocycles. The van der Waals surface area contributed by atoms with Crippen LogP contribution in [-0.2, 0) is 11.3 Å². The Morgan fingerprint density at radius 1 is 1.13 bits per heavy atom. The van der Waals surface area contributed by atoms with Crippen molar-refractivity contribution in [2.75, 3.05) is 13.3 Å². The van der Waals surface area contributed by atoms with E-state index in [1.54, 1.807) is 23.0 Å². The molecule has 0 spiro atoms. The Morgan fingerprint density at radius 3 is 2.80 bits per heavy atom. The number of hydrogen-bond donors (Lipinski definition) is 2. The topological polar surface area (TPSA) is 80.1 Å². The van der Waals surface area contributed by atoms with Crippen molar-refractivity contribution in [3.63, 3.8) is 0 Å². The lowest BCUT2D eigenvalue weighted by Gasteiger charge is -2.27. The number of rotatable bonds is 7. The van der Waals surface area contributed by atoms with Crippen molar-refractivity contribution >= 4 is 16.6 Å². The standard InChI is InChI=1S/C22H25FN6O/c23-18-7-3-15(4-8-18)11-24-14-30-12-16-1-5-17(6-2-16)20-21-19-9-10-25-22(19)26-13-29(21)28-27-20/h3-4,7-10,13,16-17,24-25H,1-2,5-6,11-12,14H2. The molecule has 0 amide bonds. The minimum Gasteiger partial charge on any atom is -0.366 e. The molecule has 8 heteroatoms. The van der Waals surface area contributed by atoms with Gasteiger partial charge in [0.05, 0.1) is 19.0 Å². The van der Waals surface area contributed by atoms with E-state index >= 15 is 0 Å². The average molecular weight is 408 g/mol. The number of hydrogen-bond acceptors (Lipinski definition) is 5. The quantitative estimate of drug-likeness (QED) is 0.359. The number of H-pyrrole nitrogens is 1. The lowest BCUT2D eigenvalue weighted by Crippen LogP contribution is -2.23. The smallest absolute Gasteiger partial charge is 0.141 e. The Hall–Kier alpha value is -2.84. The largest absolute Gasteiger partial charge is 0.366 e. The average Bonchev–Trinajstić information content (AvgIpc) is 3.42. The van der Waals surface area contributed by atoms with Crippen molar-refractivity contribution < 1.29 is 9.13 Å². The molecule has 1 aliphatic rings. The summed E-state index contributed by atoms with van der Waals surface area (Å²) in [7, 11) is 0. The third kappa shape index (κ3) is 3.93. The van der Waals surface area contributed by atoms with Gasteiger partial charge in [-0.1, -0.05) is 17.3 Å². The van der Waals surface area contributed by atoms with Gasteiger partial charge in [-0.05, 0) is 55.4 Å². The van der Waals surface area contributed by atoms with Gasteiger partial charge in [0.2, 0.25) is 0 Å². The van der Waals surface area contributed by atoms with E-state index in [1.807, 2.05) is 12.3 Å². The molecule has 0 unspecified atom stereocenters. The maximum Gasteiger partial charge on any atom is 0.141 e. The Balaban J connectivity index is 1.11. The zero-order chi connectivity index (χ0) is 20.3. The normalized spacial score (nSPS) is 19.6. The molecule has 1 aromatic carbocycles. The van der Waals surface area contributed by atoms with Crippen molar-refractivity contribution in [3.05, 3.63) is 59.9 Å². The van der Waals surface area contributed by atoms with Crippen LogP contribution in [0, 0.1) is 11.7 Å². The highest BCUT2D eigenvalue weighted by molar-refractivity contribution is 5.92. The van der Waals surface area contributed by atoms with Crippen molar-refractivity contribution in [1.82, 2.24) is 30.1 Å². The van der Waals surface area contributed by atoms with Gasteiger partial charge in [-0.2, -0.15) is 0 Å². The second-order valence-electron chi connectivity index (χ2n) is 8.04. The summed E-state index contributed by atoms with van der Waals surface area (Å²) in [6.45, 7) is 1.94. The molecular formula is C22H25FN6O. The van der Waals surface area contributed by atoms with Crippen molar-refractivity contribution in [3.8, 4) is 0 Å².